The Bertz CT molecular complexity index is 852. The smallest absolute Gasteiger partial charge is 0.326 e. The van der Waals surface area contributed by atoms with Gasteiger partial charge in [0.25, 0.3) is 0 Å². The number of primary amides is 1. The highest BCUT2D eigenvalue weighted by Gasteiger charge is 2.31. The predicted octanol–water partition coefficient (Wildman–Crippen LogP) is -3.60. The largest absolute Gasteiger partial charge is 0.481 e. The predicted molar refractivity (Wildman–Crippen MR) is 135 cm³/mol. The molecule has 210 valence electrons. The standard InChI is InChI=1S/C20H36N8O8S/c1-37-8-6-10(21)16(32)26-11(3-2-7-25-20(23)24)17(33)27-12(4-5-15(30)31)18(34)28-13(19(35)36)9-14(22)29/h10-13H,2-9,21H2,1H3,(H2,22,29)(H,26,32)(H,27,33)(H,28,34)(H,30,31)(H,35,36)(H4,23,24,25). The number of carbonyl (C=O) groups is 6. The Balaban J connectivity index is 5.67. The fourth-order valence-electron chi connectivity index (χ4n) is 2.91. The number of carboxylic acids is 2. The molecule has 0 radical (unpaired) electrons. The Morgan fingerprint density at radius 1 is 0.838 bits per heavy atom. The Labute approximate surface area is 217 Å². The lowest BCUT2D eigenvalue weighted by atomic mass is 10.1. The first-order valence-electron chi connectivity index (χ1n) is 11.2. The van der Waals surface area contributed by atoms with E-state index in [1.165, 1.54) is 11.8 Å². The van der Waals surface area contributed by atoms with Crippen molar-refractivity contribution in [2.45, 2.75) is 62.7 Å². The van der Waals surface area contributed by atoms with Crippen LogP contribution in [0.5, 0.6) is 0 Å². The Kier molecular flexibility index (Phi) is 16.0. The number of carbonyl (C=O) groups excluding carboxylic acids is 4. The van der Waals surface area contributed by atoms with Gasteiger partial charge in [0.05, 0.1) is 12.5 Å². The number of thioether (sulfide) groups is 1. The lowest BCUT2D eigenvalue weighted by molar-refractivity contribution is -0.144. The number of nitrogens with zero attached hydrogens (tertiary/aromatic N) is 1. The van der Waals surface area contributed by atoms with Crippen LogP contribution in [0.4, 0.5) is 0 Å². The van der Waals surface area contributed by atoms with Crippen molar-refractivity contribution in [3.63, 3.8) is 0 Å². The van der Waals surface area contributed by atoms with E-state index in [1.807, 2.05) is 6.26 Å². The highest BCUT2D eigenvalue weighted by molar-refractivity contribution is 7.98. The van der Waals surface area contributed by atoms with Gasteiger partial charge in [0, 0.05) is 13.0 Å². The maximum Gasteiger partial charge on any atom is 0.326 e. The van der Waals surface area contributed by atoms with Gasteiger partial charge in [-0.15, -0.1) is 0 Å². The van der Waals surface area contributed by atoms with E-state index in [2.05, 4.69) is 20.9 Å². The van der Waals surface area contributed by atoms with Crippen molar-refractivity contribution in [3.05, 3.63) is 0 Å². The molecule has 16 nitrogen and oxygen atoms in total. The van der Waals surface area contributed by atoms with Gasteiger partial charge in [-0.1, -0.05) is 0 Å². The number of carboxylic acid groups (broad SMARTS) is 2. The first-order chi connectivity index (χ1) is 17.3. The van der Waals surface area contributed by atoms with E-state index in [9.17, 15) is 33.9 Å². The summed E-state index contributed by atoms with van der Waals surface area (Å²) in [5, 5.41) is 25.1. The van der Waals surface area contributed by atoms with Gasteiger partial charge in [0.1, 0.15) is 18.1 Å². The van der Waals surface area contributed by atoms with Crippen LogP contribution < -0.4 is 38.9 Å². The molecule has 0 aromatic heterocycles. The van der Waals surface area contributed by atoms with E-state index in [1.54, 1.807) is 0 Å². The molecule has 0 fully saturated rings. The zero-order valence-electron chi connectivity index (χ0n) is 20.5. The minimum absolute atomic E-state index is 0.0380. The van der Waals surface area contributed by atoms with Crippen LogP contribution in [-0.2, 0) is 28.8 Å². The Morgan fingerprint density at radius 2 is 1.38 bits per heavy atom. The average molecular weight is 549 g/mol. The number of rotatable bonds is 19. The molecule has 0 aliphatic heterocycles. The lowest BCUT2D eigenvalue weighted by Gasteiger charge is -2.25. The molecular weight excluding hydrogens is 512 g/mol. The van der Waals surface area contributed by atoms with Crippen LogP contribution in [0.3, 0.4) is 0 Å². The van der Waals surface area contributed by atoms with E-state index in [4.69, 9.17) is 28.0 Å². The van der Waals surface area contributed by atoms with E-state index in [0.717, 1.165) is 0 Å². The van der Waals surface area contributed by atoms with Crippen LogP contribution in [0.25, 0.3) is 0 Å². The summed E-state index contributed by atoms with van der Waals surface area (Å²) in [4.78, 5) is 75.6. The number of amides is 4. The lowest BCUT2D eigenvalue weighted by Crippen LogP contribution is -2.57. The normalized spacial score (nSPS) is 13.8. The van der Waals surface area contributed by atoms with Gasteiger partial charge in [-0.05, 0) is 37.7 Å². The zero-order valence-corrected chi connectivity index (χ0v) is 21.3. The van der Waals surface area contributed by atoms with Gasteiger partial charge in [0.15, 0.2) is 5.96 Å². The molecule has 0 aromatic rings. The Morgan fingerprint density at radius 3 is 1.86 bits per heavy atom. The number of nitrogens with one attached hydrogen (secondary N) is 3. The SMILES string of the molecule is CSCCC(N)C(=O)NC(CCCN=C(N)N)C(=O)NC(CCC(=O)O)C(=O)NC(CC(N)=O)C(=O)O. The van der Waals surface area contributed by atoms with Crippen molar-refractivity contribution >= 4 is 53.3 Å². The number of guanidine groups is 1. The van der Waals surface area contributed by atoms with Crippen LogP contribution in [0.1, 0.15) is 38.5 Å². The fourth-order valence-corrected chi connectivity index (χ4v) is 3.40. The van der Waals surface area contributed by atoms with Gasteiger partial charge < -0.3 is 49.1 Å². The molecule has 0 bridgehead atoms. The second-order valence-corrected chi connectivity index (χ2v) is 8.95. The second-order valence-electron chi connectivity index (χ2n) is 7.96. The third-order valence-corrected chi connectivity index (χ3v) is 5.49. The summed E-state index contributed by atoms with van der Waals surface area (Å²) in [7, 11) is 0. The summed E-state index contributed by atoms with van der Waals surface area (Å²) in [5.41, 5.74) is 21.4. The van der Waals surface area contributed by atoms with Crippen LogP contribution in [0.2, 0.25) is 0 Å². The van der Waals surface area contributed by atoms with Crippen molar-refractivity contribution in [1.29, 1.82) is 0 Å². The molecule has 17 heteroatoms. The number of hydrogen-bond acceptors (Lipinski definition) is 9. The van der Waals surface area contributed by atoms with E-state index < -0.39 is 79.0 Å². The molecule has 37 heavy (non-hydrogen) atoms. The summed E-state index contributed by atoms with van der Waals surface area (Å²) < 4.78 is 0. The first-order valence-corrected chi connectivity index (χ1v) is 12.6. The molecule has 0 aliphatic rings. The maximum absolute atomic E-state index is 13.0. The second kappa shape index (κ2) is 17.8. The molecule has 4 atom stereocenters. The first kappa shape index (κ1) is 33.4. The van der Waals surface area contributed by atoms with Crippen LogP contribution in [0, 0.1) is 0 Å². The molecule has 13 N–H and O–H groups in total. The molecule has 4 amide bonds. The summed E-state index contributed by atoms with van der Waals surface area (Å²) in [6.07, 6.45) is 0.793. The van der Waals surface area contributed by atoms with Gasteiger partial charge in [-0.2, -0.15) is 11.8 Å². The maximum atomic E-state index is 13.0. The molecule has 4 unspecified atom stereocenters. The van der Waals surface area contributed by atoms with Gasteiger partial charge in [-0.3, -0.25) is 29.0 Å². The van der Waals surface area contributed by atoms with Gasteiger partial charge in [0.2, 0.25) is 23.6 Å². The van der Waals surface area contributed by atoms with Gasteiger partial charge in [-0.25, -0.2) is 4.79 Å². The number of nitrogens with two attached hydrogens (primary N) is 4. The van der Waals surface area contributed by atoms with Crippen LogP contribution in [0.15, 0.2) is 4.99 Å². The molecule has 0 aliphatic carbocycles. The average Bonchev–Trinajstić information content (AvgIpc) is 2.80. The monoisotopic (exact) mass is 548 g/mol. The van der Waals surface area contributed by atoms with Crippen molar-refractivity contribution in [2.75, 3.05) is 18.6 Å². The minimum atomic E-state index is -1.70. The molecule has 0 saturated carbocycles. The molecule has 0 spiro atoms. The molecular formula is C20H36N8O8S. The highest BCUT2D eigenvalue weighted by atomic mass is 32.2. The highest BCUT2D eigenvalue weighted by Crippen LogP contribution is 2.06. The van der Waals surface area contributed by atoms with Gasteiger partial charge >= 0.3 is 11.9 Å². The van der Waals surface area contributed by atoms with Crippen molar-refractivity contribution < 1.29 is 39.0 Å². The molecule has 0 saturated heterocycles. The van der Waals surface area contributed by atoms with Crippen LogP contribution >= 0.6 is 11.8 Å². The molecule has 0 aromatic carbocycles. The summed E-state index contributed by atoms with van der Waals surface area (Å²) in [6.45, 7) is 0.136. The Hall–Kier alpha value is -3.60. The molecule has 0 rings (SSSR count). The number of hydrogen-bond donors (Lipinski definition) is 9. The van der Waals surface area contributed by atoms with Crippen molar-refractivity contribution in [3.8, 4) is 0 Å². The minimum Gasteiger partial charge on any atom is -0.481 e. The quantitative estimate of drug-likeness (QED) is 0.0429. The number of aliphatic carboxylic acids is 2. The fraction of sp³-hybridized carbons (Fsp3) is 0.650. The summed E-state index contributed by atoms with van der Waals surface area (Å²) in [5.74, 6) is -5.91. The van der Waals surface area contributed by atoms with Crippen molar-refractivity contribution in [1.82, 2.24) is 16.0 Å². The van der Waals surface area contributed by atoms with E-state index >= 15 is 0 Å². The van der Waals surface area contributed by atoms with E-state index in [-0.39, 0.29) is 25.3 Å². The third kappa shape index (κ3) is 15.2. The van der Waals surface area contributed by atoms with E-state index in [0.29, 0.717) is 12.2 Å². The summed E-state index contributed by atoms with van der Waals surface area (Å²) >= 11 is 1.48. The number of aliphatic imine (C=N–C) groups is 1. The van der Waals surface area contributed by atoms with Crippen LogP contribution in [-0.4, -0.2) is 94.5 Å². The molecule has 0 heterocycles. The third-order valence-electron chi connectivity index (χ3n) is 4.85. The zero-order chi connectivity index (χ0) is 28.5. The topological polar surface area (TPSA) is 295 Å². The summed E-state index contributed by atoms with van der Waals surface area (Å²) in [6, 6.07) is -5.29. The van der Waals surface area contributed by atoms with Crippen molar-refractivity contribution in [2.24, 2.45) is 27.9 Å².